The van der Waals surface area contributed by atoms with E-state index < -0.39 is 15.6 Å². The molecular formula is C9H13N5O7P2. The van der Waals surface area contributed by atoms with Gasteiger partial charge in [0.1, 0.15) is 0 Å². The highest BCUT2D eigenvalue weighted by molar-refractivity contribution is 7.60. The summed E-state index contributed by atoms with van der Waals surface area (Å²) in [6.07, 6.45) is 0. The molecule has 0 radical (unpaired) electrons. The predicted octanol–water partition coefficient (Wildman–Crippen LogP) is -0.109. The highest BCUT2D eigenvalue weighted by Crippen LogP contribution is 2.53. The second-order valence-electron chi connectivity index (χ2n) is 3.80. The molecule has 0 aliphatic rings. The zero-order valence-electron chi connectivity index (χ0n) is 11.3. The molecule has 0 aliphatic carbocycles. The SMILES string of the molecule is Nc1nc(N)nc(-c2ccccc2)n1.O=P(O)(O)OP(=O)(O)O. The molecule has 1 aromatic heterocycles. The lowest BCUT2D eigenvalue weighted by Crippen LogP contribution is -2.04. The molecule has 0 unspecified atom stereocenters. The molecule has 12 nitrogen and oxygen atoms in total. The van der Waals surface area contributed by atoms with E-state index in [1.807, 2.05) is 30.3 Å². The summed E-state index contributed by atoms with van der Waals surface area (Å²) in [5.74, 6) is 0.767. The Morgan fingerprint density at radius 3 is 1.61 bits per heavy atom. The van der Waals surface area contributed by atoms with Gasteiger partial charge in [-0.05, 0) is 0 Å². The van der Waals surface area contributed by atoms with Crippen LogP contribution in [0.2, 0.25) is 0 Å². The molecule has 2 rings (SSSR count). The van der Waals surface area contributed by atoms with Crippen LogP contribution in [0.5, 0.6) is 0 Å². The van der Waals surface area contributed by atoms with Crippen molar-refractivity contribution in [3.05, 3.63) is 30.3 Å². The van der Waals surface area contributed by atoms with Crippen LogP contribution in [0.4, 0.5) is 11.9 Å². The third-order valence-electron chi connectivity index (χ3n) is 1.91. The smallest absolute Gasteiger partial charge is 0.368 e. The summed E-state index contributed by atoms with van der Waals surface area (Å²) in [7, 11) is -10.1. The van der Waals surface area contributed by atoms with Gasteiger partial charge >= 0.3 is 15.6 Å². The van der Waals surface area contributed by atoms with Gasteiger partial charge in [-0.15, -0.1) is 0 Å². The van der Waals surface area contributed by atoms with Gasteiger partial charge in [-0.25, -0.2) is 9.13 Å². The van der Waals surface area contributed by atoms with Gasteiger partial charge in [0.25, 0.3) is 0 Å². The first kappa shape index (κ1) is 19.1. The van der Waals surface area contributed by atoms with Crippen LogP contribution in [-0.4, -0.2) is 34.5 Å². The maximum Gasteiger partial charge on any atom is 0.478 e. The number of hydrogen-bond acceptors (Lipinski definition) is 8. The number of phosphoric acid groups is 2. The fourth-order valence-electron chi connectivity index (χ4n) is 1.26. The molecule has 0 saturated carbocycles. The average molecular weight is 365 g/mol. The maximum absolute atomic E-state index is 9.63. The van der Waals surface area contributed by atoms with E-state index in [9.17, 15) is 9.13 Å². The van der Waals surface area contributed by atoms with Crippen molar-refractivity contribution in [3.63, 3.8) is 0 Å². The summed E-state index contributed by atoms with van der Waals surface area (Å²) in [5.41, 5.74) is 11.8. The highest BCUT2D eigenvalue weighted by atomic mass is 31.3. The van der Waals surface area contributed by atoms with Gasteiger partial charge < -0.3 is 31.0 Å². The molecule has 0 atom stereocenters. The van der Waals surface area contributed by atoms with E-state index in [1.165, 1.54) is 0 Å². The van der Waals surface area contributed by atoms with Crippen LogP contribution < -0.4 is 11.5 Å². The highest BCUT2D eigenvalue weighted by Gasteiger charge is 2.27. The number of hydrogen-bond donors (Lipinski definition) is 6. The van der Waals surface area contributed by atoms with E-state index >= 15 is 0 Å². The fourth-order valence-corrected chi connectivity index (χ4v) is 2.37. The van der Waals surface area contributed by atoms with Crippen molar-refractivity contribution in [3.8, 4) is 11.4 Å². The lowest BCUT2D eigenvalue weighted by molar-refractivity contribution is 0.225. The summed E-state index contributed by atoms with van der Waals surface area (Å²) in [6.45, 7) is 0. The molecular weight excluding hydrogens is 352 g/mol. The summed E-state index contributed by atoms with van der Waals surface area (Å²) < 4.78 is 22.2. The molecule has 0 saturated heterocycles. The fraction of sp³-hybridized carbons (Fsp3) is 0. The van der Waals surface area contributed by atoms with Gasteiger partial charge in [0, 0.05) is 5.56 Å². The zero-order valence-corrected chi connectivity index (χ0v) is 13.1. The van der Waals surface area contributed by atoms with Crippen molar-refractivity contribution in [1.82, 2.24) is 15.0 Å². The molecule has 0 bridgehead atoms. The maximum atomic E-state index is 9.63. The topological polar surface area (TPSA) is 215 Å². The minimum Gasteiger partial charge on any atom is -0.368 e. The predicted molar refractivity (Wildman–Crippen MR) is 79.3 cm³/mol. The third-order valence-corrected chi connectivity index (χ3v) is 3.62. The van der Waals surface area contributed by atoms with Crippen LogP contribution in [-0.2, 0) is 13.4 Å². The molecule has 0 aliphatic heterocycles. The molecule has 0 spiro atoms. The van der Waals surface area contributed by atoms with E-state index in [0.717, 1.165) is 5.56 Å². The standard InChI is InChI=1S/C9H9N5.H4O7P2/c10-8-12-7(13-9(11)14-8)6-4-2-1-3-5-6;1-8(2,3)7-9(4,5)6/h1-5H,(H4,10,11,12,13,14);(H2,1,2,3)(H2,4,5,6). The zero-order chi connectivity index (χ0) is 17.7. The molecule has 126 valence electrons. The second-order valence-corrected chi connectivity index (χ2v) is 6.42. The molecule has 2 aromatic rings. The lowest BCUT2D eigenvalue weighted by Gasteiger charge is -2.03. The average Bonchev–Trinajstić information content (AvgIpc) is 2.35. The largest absolute Gasteiger partial charge is 0.478 e. The monoisotopic (exact) mass is 365 g/mol. The van der Waals surface area contributed by atoms with Crippen molar-refractivity contribution in [2.45, 2.75) is 0 Å². The van der Waals surface area contributed by atoms with Crippen LogP contribution in [0.15, 0.2) is 30.3 Å². The number of benzene rings is 1. The number of anilines is 2. The molecule has 8 N–H and O–H groups in total. The van der Waals surface area contributed by atoms with Gasteiger partial charge in [-0.2, -0.15) is 19.3 Å². The van der Waals surface area contributed by atoms with E-state index in [-0.39, 0.29) is 11.9 Å². The summed E-state index contributed by atoms with van der Waals surface area (Å²) >= 11 is 0. The quantitative estimate of drug-likeness (QED) is 0.393. The van der Waals surface area contributed by atoms with E-state index in [2.05, 4.69) is 19.3 Å². The van der Waals surface area contributed by atoms with Crippen LogP contribution in [0.1, 0.15) is 0 Å². The minimum absolute atomic E-state index is 0.136. The molecule has 0 fully saturated rings. The Hall–Kier alpha value is -1.91. The minimum atomic E-state index is -5.05. The molecule has 1 heterocycles. The second kappa shape index (κ2) is 7.57. The first-order valence-electron chi connectivity index (χ1n) is 5.61. The summed E-state index contributed by atoms with van der Waals surface area (Å²) in [6, 6.07) is 9.47. The Kier molecular flexibility index (Phi) is 6.30. The van der Waals surface area contributed by atoms with Crippen molar-refractivity contribution < 1.29 is 33.0 Å². The van der Waals surface area contributed by atoms with E-state index in [4.69, 9.17) is 31.0 Å². The summed E-state index contributed by atoms with van der Waals surface area (Å²) in [4.78, 5) is 42.7. The van der Waals surface area contributed by atoms with Crippen LogP contribution in [0.25, 0.3) is 11.4 Å². The number of nitrogens with two attached hydrogens (primary N) is 2. The molecule has 14 heteroatoms. The Morgan fingerprint density at radius 1 is 0.826 bits per heavy atom. The Balaban J connectivity index is 0.000000257. The van der Waals surface area contributed by atoms with Crippen molar-refractivity contribution in [2.75, 3.05) is 11.5 Å². The van der Waals surface area contributed by atoms with Gasteiger partial charge in [-0.1, -0.05) is 30.3 Å². The first-order valence-corrected chi connectivity index (χ1v) is 8.67. The number of nitrogen functional groups attached to an aromatic ring is 2. The van der Waals surface area contributed by atoms with Gasteiger partial charge in [0.15, 0.2) is 5.82 Å². The number of rotatable bonds is 3. The third kappa shape index (κ3) is 8.33. The molecule has 1 aromatic carbocycles. The van der Waals surface area contributed by atoms with E-state index in [1.54, 1.807) is 0 Å². The van der Waals surface area contributed by atoms with Crippen LogP contribution in [0.3, 0.4) is 0 Å². The Bertz CT molecular complexity index is 707. The van der Waals surface area contributed by atoms with Crippen LogP contribution in [0, 0.1) is 0 Å². The first-order chi connectivity index (χ1) is 10.5. The van der Waals surface area contributed by atoms with Crippen LogP contribution >= 0.6 is 15.6 Å². The van der Waals surface area contributed by atoms with Gasteiger partial charge in [0.05, 0.1) is 0 Å². The van der Waals surface area contributed by atoms with Crippen molar-refractivity contribution in [1.29, 1.82) is 0 Å². The number of aromatic nitrogens is 3. The molecule has 0 amide bonds. The lowest BCUT2D eigenvalue weighted by atomic mass is 10.2. The summed E-state index contributed by atoms with van der Waals surface area (Å²) in [5, 5.41) is 0. The number of nitrogens with zero attached hydrogens (tertiary/aromatic N) is 3. The van der Waals surface area contributed by atoms with Crippen molar-refractivity contribution in [2.24, 2.45) is 0 Å². The normalized spacial score (nSPS) is 11.5. The van der Waals surface area contributed by atoms with E-state index in [0.29, 0.717) is 5.82 Å². The van der Waals surface area contributed by atoms with Crippen molar-refractivity contribution >= 4 is 27.5 Å². The van der Waals surface area contributed by atoms with Gasteiger partial charge in [0.2, 0.25) is 11.9 Å². The Morgan fingerprint density at radius 2 is 1.26 bits per heavy atom. The molecule has 23 heavy (non-hydrogen) atoms. The van der Waals surface area contributed by atoms with Gasteiger partial charge in [-0.3, -0.25) is 0 Å². The Labute approximate surface area is 129 Å².